The van der Waals surface area contributed by atoms with Crippen LogP contribution < -0.4 is 0 Å². The molecule has 0 unspecified atom stereocenters. The molecular weight excluding hydrogens is 162 g/mol. The minimum absolute atomic E-state index is 0.969. The Balaban J connectivity index is 2.49. The quantitative estimate of drug-likeness (QED) is 0.717. The minimum atomic E-state index is 0.969. The maximum atomic E-state index is 4.46. The van der Waals surface area contributed by atoms with E-state index in [1.807, 2.05) is 19.2 Å². The first kappa shape index (κ1) is 7.98. The van der Waals surface area contributed by atoms with E-state index in [2.05, 4.69) is 28.2 Å². The van der Waals surface area contributed by atoms with Gasteiger partial charge in [0.15, 0.2) is 0 Å². The highest BCUT2D eigenvalue weighted by Crippen LogP contribution is 2.16. The molecule has 0 amide bonds. The molecule has 1 N–H and O–H groups in total. The first-order valence-corrected chi connectivity index (χ1v) is 4.21. The molecule has 2 aromatic heterocycles. The Bertz CT molecular complexity index is 404. The lowest BCUT2D eigenvalue weighted by atomic mass is 10.1. The Labute approximate surface area is 76.8 Å². The number of pyridine rings is 1. The molecule has 13 heavy (non-hydrogen) atoms. The second-order valence-electron chi connectivity index (χ2n) is 3.09. The van der Waals surface area contributed by atoms with Gasteiger partial charge in [0.1, 0.15) is 0 Å². The molecule has 2 rings (SSSR count). The largest absolute Gasteiger partial charge is 0.285 e. The summed E-state index contributed by atoms with van der Waals surface area (Å²) >= 11 is 0. The fraction of sp³-hybridized carbons (Fsp3) is 0.200. The predicted molar refractivity (Wildman–Crippen MR) is 51.3 cm³/mol. The van der Waals surface area contributed by atoms with Crippen molar-refractivity contribution in [2.24, 2.45) is 0 Å². The van der Waals surface area contributed by atoms with Crippen LogP contribution in [0, 0.1) is 13.8 Å². The van der Waals surface area contributed by atoms with Gasteiger partial charge in [0.05, 0.1) is 11.9 Å². The Morgan fingerprint density at radius 1 is 1.23 bits per heavy atom. The highest BCUT2D eigenvalue weighted by atomic mass is 15.1. The van der Waals surface area contributed by atoms with Gasteiger partial charge >= 0.3 is 0 Å². The Morgan fingerprint density at radius 3 is 2.69 bits per heavy atom. The first-order chi connectivity index (χ1) is 6.27. The Hall–Kier alpha value is -1.64. The van der Waals surface area contributed by atoms with E-state index in [4.69, 9.17) is 0 Å². The fourth-order valence-electron chi connectivity index (χ4n) is 1.18. The topological polar surface area (TPSA) is 41.6 Å². The van der Waals surface area contributed by atoms with Crippen LogP contribution in [-0.2, 0) is 0 Å². The highest BCUT2D eigenvalue weighted by Gasteiger charge is 2.01. The number of aryl methyl sites for hydroxylation is 2. The van der Waals surface area contributed by atoms with Gasteiger partial charge in [-0.15, -0.1) is 0 Å². The summed E-state index contributed by atoms with van der Waals surface area (Å²) in [7, 11) is 0. The zero-order valence-electron chi connectivity index (χ0n) is 7.70. The summed E-state index contributed by atoms with van der Waals surface area (Å²) in [4.78, 5) is 4.46. The molecule has 2 heterocycles. The molecule has 3 nitrogen and oxygen atoms in total. The number of nitrogens with one attached hydrogen (secondary N) is 1. The van der Waals surface area contributed by atoms with Gasteiger partial charge < -0.3 is 0 Å². The average molecular weight is 173 g/mol. The molecule has 0 saturated heterocycles. The van der Waals surface area contributed by atoms with Crippen molar-refractivity contribution >= 4 is 0 Å². The molecule has 2 aromatic rings. The average Bonchev–Trinajstić information content (AvgIpc) is 2.62. The number of hydrogen-bond donors (Lipinski definition) is 1. The van der Waals surface area contributed by atoms with Crippen LogP contribution in [0.25, 0.3) is 11.3 Å². The lowest BCUT2D eigenvalue weighted by molar-refractivity contribution is 1.09. The van der Waals surface area contributed by atoms with Gasteiger partial charge in [-0.05, 0) is 25.5 Å². The highest BCUT2D eigenvalue weighted by molar-refractivity contribution is 5.57. The molecule has 0 aliphatic carbocycles. The van der Waals surface area contributed by atoms with Gasteiger partial charge in [-0.1, -0.05) is 6.07 Å². The van der Waals surface area contributed by atoms with Crippen LogP contribution >= 0.6 is 0 Å². The molecule has 66 valence electrons. The van der Waals surface area contributed by atoms with Gasteiger partial charge in [-0.25, -0.2) is 0 Å². The monoisotopic (exact) mass is 173 g/mol. The fourth-order valence-corrected chi connectivity index (χ4v) is 1.18. The summed E-state index contributed by atoms with van der Waals surface area (Å²) in [5, 5.41) is 6.66. The molecule has 0 fully saturated rings. The third-order valence-corrected chi connectivity index (χ3v) is 2.14. The summed E-state index contributed by atoms with van der Waals surface area (Å²) in [6, 6.07) is 4.08. The van der Waals surface area contributed by atoms with Crippen LogP contribution in [0.1, 0.15) is 11.3 Å². The SMILES string of the molecule is Cc1ccc(-c2cn[nH]c2)nc1C. The summed E-state index contributed by atoms with van der Waals surface area (Å²) in [6.45, 7) is 4.07. The van der Waals surface area contributed by atoms with E-state index in [-0.39, 0.29) is 0 Å². The van der Waals surface area contributed by atoms with Gasteiger partial charge in [0.25, 0.3) is 0 Å². The molecule has 0 aromatic carbocycles. The lowest BCUT2D eigenvalue weighted by Crippen LogP contribution is -1.88. The maximum absolute atomic E-state index is 4.46. The van der Waals surface area contributed by atoms with Gasteiger partial charge in [0, 0.05) is 17.5 Å². The van der Waals surface area contributed by atoms with Crippen molar-refractivity contribution in [2.45, 2.75) is 13.8 Å². The van der Waals surface area contributed by atoms with E-state index < -0.39 is 0 Å². The molecular formula is C10H11N3. The van der Waals surface area contributed by atoms with Crippen molar-refractivity contribution in [3.05, 3.63) is 35.8 Å². The molecule has 0 radical (unpaired) electrons. The maximum Gasteiger partial charge on any atom is 0.0736 e. The van der Waals surface area contributed by atoms with Crippen molar-refractivity contribution < 1.29 is 0 Å². The standard InChI is InChI=1S/C10H11N3/c1-7-3-4-10(13-8(7)2)9-5-11-12-6-9/h3-6H,1-2H3,(H,11,12). The van der Waals surface area contributed by atoms with E-state index in [0.29, 0.717) is 0 Å². The second-order valence-corrected chi connectivity index (χ2v) is 3.09. The second kappa shape index (κ2) is 3.01. The van der Waals surface area contributed by atoms with Crippen LogP contribution in [0.4, 0.5) is 0 Å². The van der Waals surface area contributed by atoms with Crippen LogP contribution in [0.3, 0.4) is 0 Å². The lowest BCUT2D eigenvalue weighted by Gasteiger charge is -2.01. The first-order valence-electron chi connectivity index (χ1n) is 4.21. The van der Waals surface area contributed by atoms with E-state index in [0.717, 1.165) is 17.0 Å². The number of hydrogen-bond acceptors (Lipinski definition) is 2. The van der Waals surface area contributed by atoms with Crippen molar-refractivity contribution in [3.63, 3.8) is 0 Å². The van der Waals surface area contributed by atoms with Gasteiger partial charge in [-0.2, -0.15) is 5.10 Å². The number of aromatic nitrogens is 3. The van der Waals surface area contributed by atoms with E-state index in [1.165, 1.54) is 5.56 Å². The zero-order valence-corrected chi connectivity index (χ0v) is 7.70. The van der Waals surface area contributed by atoms with Crippen LogP contribution in [0.5, 0.6) is 0 Å². The Morgan fingerprint density at radius 2 is 2.08 bits per heavy atom. The molecule has 0 spiro atoms. The Kier molecular flexibility index (Phi) is 1.85. The van der Waals surface area contributed by atoms with Crippen molar-refractivity contribution in [1.82, 2.24) is 15.2 Å². The zero-order chi connectivity index (χ0) is 9.26. The van der Waals surface area contributed by atoms with Gasteiger partial charge in [0.2, 0.25) is 0 Å². The molecule has 0 atom stereocenters. The molecule has 0 bridgehead atoms. The normalized spacial score (nSPS) is 10.3. The van der Waals surface area contributed by atoms with E-state index in [1.54, 1.807) is 6.20 Å². The van der Waals surface area contributed by atoms with Crippen molar-refractivity contribution in [1.29, 1.82) is 0 Å². The van der Waals surface area contributed by atoms with Crippen molar-refractivity contribution in [2.75, 3.05) is 0 Å². The van der Waals surface area contributed by atoms with Crippen LogP contribution in [0.15, 0.2) is 24.5 Å². The third-order valence-electron chi connectivity index (χ3n) is 2.14. The number of nitrogens with zero attached hydrogens (tertiary/aromatic N) is 2. The molecule has 3 heteroatoms. The molecule has 0 aliphatic rings. The number of aromatic amines is 1. The predicted octanol–water partition coefficient (Wildman–Crippen LogP) is 2.09. The summed E-state index contributed by atoms with van der Waals surface area (Å²) in [5.74, 6) is 0. The van der Waals surface area contributed by atoms with Crippen molar-refractivity contribution in [3.8, 4) is 11.3 Å². The molecule has 0 saturated carbocycles. The van der Waals surface area contributed by atoms with Crippen LogP contribution in [-0.4, -0.2) is 15.2 Å². The van der Waals surface area contributed by atoms with Gasteiger partial charge in [-0.3, -0.25) is 10.1 Å². The van der Waals surface area contributed by atoms with Crippen LogP contribution in [0.2, 0.25) is 0 Å². The third kappa shape index (κ3) is 1.45. The summed E-state index contributed by atoms with van der Waals surface area (Å²) in [5.41, 5.74) is 4.28. The summed E-state index contributed by atoms with van der Waals surface area (Å²) < 4.78 is 0. The van der Waals surface area contributed by atoms with E-state index >= 15 is 0 Å². The minimum Gasteiger partial charge on any atom is -0.285 e. The smallest absolute Gasteiger partial charge is 0.0736 e. The summed E-state index contributed by atoms with van der Waals surface area (Å²) in [6.07, 6.45) is 3.62. The number of H-pyrrole nitrogens is 1. The molecule has 0 aliphatic heterocycles. The van der Waals surface area contributed by atoms with E-state index in [9.17, 15) is 0 Å². The number of rotatable bonds is 1.